The highest BCUT2D eigenvalue weighted by Crippen LogP contribution is 2.13. The number of carbonyl (C=O) groups excluding carboxylic acids is 3. The molecule has 0 bridgehead atoms. The van der Waals surface area contributed by atoms with Crippen LogP contribution in [-0.4, -0.2) is 54.6 Å². The van der Waals surface area contributed by atoms with Crippen molar-refractivity contribution in [2.45, 2.75) is 19.9 Å². The molecule has 1 amide bonds. The third-order valence-corrected chi connectivity index (χ3v) is 2.94. The Morgan fingerprint density at radius 1 is 1.14 bits per heavy atom. The molecule has 1 aromatic heterocycles. The van der Waals surface area contributed by atoms with Crippen LogP contribution in [0, 0.1) is 0 Å². The SMILES string of the molecule is COC(=O)CN(CC(=O)OC)C(=O)c1cccn1C(C)C. The van der Waals surface area contributed by atoms with Crippen molar-refractivity contribution in [2.24, 2.45) is 0 Å². The van der Waals surface area contributed by atoms with E-state index in [1.54, 1.807) is 22.9 Å². The lowest BCUT2D eigenvalue weighted by molar-refractivity contribution is -0.144. The quantitative estimate of drug-likeness (QED) is 0.727. The van der Waals surface area contributed by atoms with Crippen LogP contribution >= 0.6 is 0 Å². The second-order valence-corrected chi connectivity index (χ2v) is 4.71. The fraction of sp³-hybridized carbons (Fsp3) is 0.500. The van der Waals surface area contributed by atoms with Crippen molar-refractivity contribution in [2.75, 3.05) is 27.3 Å². The van der Waals surface area contributed by atoms with Gasteiger partial charge in [0.1, 0.15) is 18.8 Å². The van der Waals surface area contributed by atoms with Gasteiger partial charge in [0, 0.05) is 12.2 Å². The third-order valence-electron chi connectivity index (χ3n) is 2.94. The highest BCUT2D eigenvalue weighted by Gasteiger charge is 2.24. The summed E-state index contributed by atoms with van der Waals surface area (Å²) in [5.74, 6) is -1.63. The standard InChI is InChI=1S/C14H20N2O5/c1-10(2)16-7-5-6-11(16)14(19)15(8-12(17)20-3)9-13(18)21-4/h5-7,10H,8-9H2,1-4H3. The van der Waals surface area contributed by atoms with Crippen LogP contribution in [-0.2, 0) is 19.1 Å². The number of rotatable bonds is 6. The predicted molar refractivity (Wildman–Crippen MR) is 74.8 cm³/mol. The van der Waals surface area contributed by atoms with Gasteiger partial charge >= 0.3 is 11.9 Å². The van der Waals surface area contributed by atoms with Gasteiger partial charge in [-0.05, 0) is 26.0 Å². The first-order chi connectivity index (χ1) is 9.90. The zero-order valence-corrected chi connectivity index (χ0v) is 12.7. The Bertz CT molecular complexity index is 503. The van der Waals surface area contributed by atoms with Crippen LogP contribution in [0.1, 0.15) is 30.4 Å². The molecule has 0 aliphatic rings. The van der Waals surface area contributed by atoms with Gasteiger partial charge in [-0.15, -0.1) is 0 Å². The molecule has 7 nitrogen and oxygen atoms in total. The molecule has 7 heteroatoms. The molecule has 0 saturated carbocycles. The van der Waals surface area contributed by atoms with Crippen molar-refractivity contribution >= 4 is 17.8 Å². The van der Waals surface area contributed by atoms with Gasteiger partial charge in [-0.2, -0.15) is 0 Å². The predicted octanol–water partition coefficient (Wildman–Crippen LogP) is 0.857. The number of methoxy groups -OCH3 is 2. The zero-order valence-electron chi connectivity index (χ0n) is 12.7. The Kier molecular flexibility index (Phi) is 5.95. The number of ether oxygens (including phenoxy) is 2. The van der Waals surface area contributed by atoms with Crippen molar-refractivity contribution in [3.05, 3.63) is 24.0 Å². The minimum Gasteiger partial charge on any atom is -0.468 e. The average Bonchev–Trinajstić information content (AvgIpc) is 2.94. The van der Waals surface area contributed by atoms with Gasteiger partial charge in [-0.3, -0.25) is 14.4 Å². The third kappa shape index (κ3) is 4.34. The summed E-state index contributed by atoms with van der Waals surface area (Å²) in [6.45, 7) is 3.24. The molecular weight excluding hydrogens is 276 g/mol. The Hall–Kier alpha value is -2.31. The first-order valence-electron chi connectivity index (χ1n) is 6.50. The van der Waals surface area contributed by atoms with Crippen molar-refractivity contribution in [3.63, 3.8) is 0 Å². The molecule has 0 spiro atoms. The fourth-order valence-electron chi connectivity index (χ4n) is 1.83. The van der Waals surface area contributed by atoms with Gasteiger partial charge in [0.25, 0.3) is 5.91 Å². The molecule has 0 fully saturated rings. The van der Waals surface area contributed by atoms with Gasteiger partial charge in [0.05, 0.1) is 14.2 Å². The normalized spacial score (nSPS) is 10.3. The lowest BCUT2D eigenvalue weighted by atomic mass is 10.3. The Morgan fingerprint density at radius 2 is 1.67 bits per heavy atom. The van der Waals surface area contributed by atoms with E-state index in [-0.39, 0.29) is 19.1 Å². The van der Waals surface area contributed by atoms with E-state index in [1.807, 2.05) is 13.8 Å². The first-order valence-corrected chi connectivity index (χ1v) is 6.50. The highest BCUT2D eigenvalue weighted by molar-refractivity contribution is 5.96. The van der Waals surface area contributed by atoms with Crippen LogP contribution < -0.4 is 0 Å². The monoisotopic (exact) mass is 296 g/mol. The molecule has 1 heterocycles. The minimum atomic E-state index is -0.602. The lowest BCUT2D eigenvalue weighted by Crippen LogP contribution is -2.41. The second-order valence-electron chi connectivity index (χ2n) is 4.71. The fourth-order valence-corrected chi connectivity index (χ4v) is 1.83. The maximum Gasteiger partial charge on any atom is 0.325 e. The zero-order chi connectivity index (χ0) is 16.0. The van der Waals surface area contributed by atoms with Crippen LogP contribution in [0.5, 0.6) is 0 Å². The van der Waals surface area contributed by atoms with E-state index in [0.717, 1.165) is 4.90 Å². The molecule has 0 atom stereocenters. The molecule has 0 aliphatic carbocycles. The number of carbonyl (C=O) groups is 3. The number of nitrogens with zero attached hydrogens (tertiary/aromatic N) is 2. The number of aromatic nitrogens is 1. The van der Waals surface area contributed by atoms with Gasteiger partial charge < -0.3 is 18.9 Å². The van der Waals surface area contributed by atoms with Crippen LogP contribution in [0.15, 0.2) is 18.3 Å². The molecule has 21 heavy (non-hydrogen) atoms. The molecule has 0 radical (unpaired) electrons. The maximum atomic E-state index is 12.5. The molecule has 0 unspecified atom stereocenters. The molecule has 116 valence electrons. The van der Waals surface area contributed by atoms with E-state index >= 15 is 0 Å². The van der Waals surface area contributed by atoms with Crippen LogP contribution in [0.3, 0.4) is 0 Å². The van der Waals surface area contributed by atoms with Crippen molar-refractivity contribution in [1.82, 2.24) is 9.47 Å². The second kappa shape index (κ2) is 7.47. The molecule has 1 rings (SSSR count). The van der Waals surface area contributed by atoms with Gasteiger partial charge in [-0.1, -0.05) is 0 Å². The van der Waals surface area contributed by atoms with E-state index in [2.05, 4.69) is 9.47 Å². The Balaban J connectivity index is 3.00. The Morgan fingerprint density at radius 3 is 2.10 bits per heavy atom. The van der Waals surface area contributed by atoms with Crippen LogP contribution in [0.25, 0.3) is 0 Å². The largest absolute Gasteiger partial charge is 0.468 e. The van der Waals surface area contributed by atoms with E-state index < -0.39 is 17.8 Å². The van der Waals surface area contributed by atoms with Crippen LogP contribution in [0.2, 0.25) is 0 Å². The molecule has 0 aliphatic heterocycles. The van der Waals surface area contributed by atoms with E-state index in [9.17, 15) is 14.4 Å². The highest BCUT2D eigenvalue weighted by atomic mass is 16.5. The topological polar surface area (TPSA) is 77.8 Å². The van der Waals surface area contributed by atoms with Crippen molar-refractivity contribution < 1.29 is 23.9 Å². The summed E-state index contributed by atoms with van der Waals surface area (Å²) in [4.78, 5) is 36.4. The van der Waals surface area contributed by atoms with Crippen molar-refractivity contribution in [3.8, 4) is 0 Å². The molecular formula is C14H20N2O5. The number of esters is 2. The maximum absolute atomic E-state index is 12.5. The lowest BCUT2D eigenvalue weighted by Gasteiger charge is -2.22. The molecule has 0 N–H and O–H groups in total. The van der Waals surface area contributed by atoms with Gasteiger partial charge in [0.15, 0.2) is 0 Å². The summed E-state index contributed by atoms with van der Waals surface area (Å²) < 4.78 is 10.9. The van der Waals surface area contributed by atoms with E-state index in [1.165, 1.54) is 14.2 Å². The average molecular weight is 296 g/mol. The van der Waals surface area contributed by atoms with E-state index in [0.29, 0.717) is 5.69 Å². The van der Waals surface area contributed by atoms with Crippen LogP contribution in [0.4, 0.5) is 0 Å². The summed E-state index contributed by atoms with van der Waals surface area (Å²) in [7, 11) is 2.44. The number of hydrogen-bond donors (Lipinski definition) is 0. The summed E-state index contributed by atoms with van der Waals surface area (Å²) in [6, 6.07) is 3.46. The minimum absolute atomic E-state index is 0.0806. The summed E-state index contributed by atoms with van der Waals surface area (Å²) >= 11 is 0. The molecule has 0 aromatic carbocycles. The number of amides is 1. The smallest absolute Gasteiger partial charge is 0.325 e. The Labute approximate surface area is 123 Å². The molecule has 1 aromatic rings. The van der Waals surface area contributed by atoms with Gasteiger partial charge in [-0.25, -0.2) is 0 Å². The van der Waals surface area contributed by atoms with Crippen molar-refractivity contribution in [1.29, 1.82) is 0 Å². The molecule has 0 saturated heterocycles. The summed E-state index contributed by atoms with van der Waals surface area (Å²) in [5, 5.41) is 0. The van der Waals surface area contributed by atoms with Gasteiger partial charge in [0.2, 0.25) is 0 Å². The summed E-state index contributed by atoms with van der Waals surface area (Å²) in [5.41, 5.74) is 0.401. The number of hydrogen-bond acceptors (Lipinski definition) is 5. The van der Waals surface area contributed by atoms with E-state index in [4.69, 9.17) is 0 Å². The summed E-state index contributed by atoms with van der Waals surface area (Å²) in [6.07, 6.45) is 1.77. The first kappa shape index (κ1) is 16.7.